The fourth-order valence-corrected chi connectivity index (χ4v) is 3.93. The molecule has 1 fully saturated rings. The molecule has 0 aliphatic carbocycles. The summed E-state index contributed by atoms with van der Waals surface area (Å²) in [7, 11) is 0. The third-order valence-electron chi connectivity index (χ3n) is 5.04. The second kappa shape index (κ2) is 10.8. The number of aromatic nitrogens is 2. The molecule has 1 aromatic carbocycles. The number of aliphatic hydroxyl groups excluding tert-OH is 1. The van der Waals surface area contributed by atoms with Crippen molar-refractivity contribution in [2.45, 2.75) is 37.6 Å². The fourth-order valence-electron chi connectivity index (χ4n) is 3.61. The molecule has 152 valence electrons. The number of hydrogen-bond acceptors (Lipinski definition) is 7. The van der Waals surface area contributed by atoms with Crippen LogP contribution >= 0.6 is 11.8 Å². The minimum atomic E-state index is 0.212. The normalized spacial score (nSPS) is 18.3. The lowest BCUT2D eigenvalue weighted by Crippen LogP contribution is -2.52. The van der Waals surface area contributed by atoms with Crippen molar-refractivity contribution in [3.05, 3.63) is 47.8 Å². The zero-order valence-corrected chi connectivity index (χ0v) is 17.6. The van der Waals surface area contributed by atoms with E-state index in [1.165, 1.54) is 5.56 Å². The fraction of sp³-hybridized carbons (Fsp3) is 0.524. The summed E-state index contributed by atoms with van der Waals surface area (Å²) in [5.74, 6) is 0.915. The molecular weight excluding hydrogens is 372 g/mol. The number of benzene rings is 1. The molecule has 1 aliphatic rings. The van der Waals surface area contributed by atoms with Gasteiger partial charge >= 0.3 is 0 Å². The molecule has 0 radical (unpaired) electrons. The highest BCUT2D eigenvalue weighted by Crippen LogP contribution is 2.20. The minimum Gasteiger partial charge on any atom is -0.494 e. The van der Waals surface area contributed by atoms with Gasteiger partial charge in [-0.1, -0.05) is 23.9 Å². The minimum absolute atomic E-state index is 0.212. The summed E-state index contributed by atoms with van der Waals surface area (Å²) in [6.07, 6.45) is 6.62. The first-order valence-electron chi connectivity index (χ1n) is 9.85. The molecule has 1 saturated heterocycles. The molecule has 3 rings (SSSR count). The van der Waals surface area contributed by atoms with Crippen molar-refractivity contribution in [3.8, 4) is 5.75 Å². The number of ether oxygens (including phenoxy) is 1. The average Bonchev–Trinajstić information content (AvgIpc) is 2.72. The molecule has 2 aromatic rings. The van der Waals surface area contributed by atoms with Gasteiger partial charge < -0.3 is 9.84 Å². The number of piperazine rings is 1. The van der Waals surface area contributed by atoms with Gasteiger partial charge in [0.2, 0.25) is 0 Å². The lowest BCUT2D eigenvalue weighted by molar-refractivity contribution is 0.0498. The molecule has 0 saturated carbocycles. The molecule has 0 spiro atoms. The van der Waals surface area contributed by atoms with Crippen molar-refractivity contribution >= 4 is 11.8 Å². The lowest BCUT2D eigenvalue weighted by Gasteiger charge is -2.41. The van der Waals surface area contributed by atoms with Crippen LogP contribution in [0.5, 0.6) is 5.75 Å². The number of hydrogen-bond donors (Lipinski definition) is 1. The summed E-state index contributed by atoms with van der Waals surface area (Å²) >= 11 is 1.56. The van der Waals surface area contributed by atoms with E-state index in [4.69, 9.17) is 4.74 Å². The standard InChI is InChI=1S/C21H30N4O2S/c1-3-27-20-6-4-17(5-7-20)15-25-10-9-24(16-19(25)8-11-26)14-18-12-22-21(28-2)23-13-18/h4-7,12-13,19,26H,3,8-11,14-16H2,1-2H3/t19-/m1/s1. The predicted octanol–water partition coefficient (Wildman–Crippen LogP) is 2.67. The van der Waals surface area contributed by atoms with Crippen LogP contribution in [0, 0.1) is 0 Å². The third kappa shape index (κ3) is 5.91. The van der Waals surface area contributed by atoms with Gasteiger partial charge in [0.1, 0.15) is 5.75 Å². The number of rotatable bonds is 9. The Balaban J connectivity index is 1.58. The Morgan fingerprint density at radius 2 is 1.86 bits per heavy atom. The van der Waals surface area contributed by atoms with E-state index < -0.39 is 0 Å². The number of thioether (sulfide) groups is 1. The zero-order chi connectivity index (χ0) is 19.8. The zero-order valence-electron chi connectivity index (χ0n) is 16.8. The predicted molar refractivity (Wildman–Crippen MR) is 113 cm³/mol. The molecule has 2 heterocycles. The maximum absolute atomic E-state index is 9.55. The summed E-state index contributed by atoms with van der Waals surface area (Å²) in [5, 5.41) is 10.4. The molecule has 1 aromatic heterocycles. The SMILES string of the molecule is CCOc1ccc(CN2CCN(Cc3cnc(SC)nc3)C[C@H]2CCO)cc1. The van der Waals surface area contributed by atoms with Crippen molar-refractivity contribution in [3.63, 3.8) is 0 Å². The molecule has 0 bridgehead atoms. The average molecular weight is 403 g/mol. The Morgan fingerprint density at radius 3 is 2.50 bits per heavy atom. The van der Waals surface area contributed by atoms with Crippen LogP contribution in [0.4, 0.5) is 0 Å². The third-order valence-corrected chi connectivity index (χ3v) is 5.62. The van der Waals surface area contributed by atoms with Crippen molar-refractivity contribution in [2.75, 3.05) is 39.1 Å². The van der Waals surface area contributed by atoms with E-state index in [0.29, 0.717) is 12.6 Å². The molecule has 1 atom stereocenters. The van der Waals surface area contributed by atoms with Crippen molar-refractivity contribution in [2.24, 2.45) is 0 Å². The first-order valence-corrected chi connectivity index (χ1v) is 11.1. The molecule has 1 aliphatic heterocycles. The van der Waals surface area contributed by atoms with E-state index >= 15 is 0 Å². The van der Waals surface area contributed by atoms with E-state index in [9.17, 15) is 5.11 Å². The van der Waals surface area contributed by atoms with Gasteiger partial charge in [0.25, 0.3) is 0 Å². The van der Waals surface area contributed by atoms with Gasteiger partial charge in [0, 0.05) is 63.3 Å². The van der Waals surface area contributed by atoms with Gasteiger partial charge in [-0.15, -0.1) is 0 Å². The van der Waals surface area contributed by atoms with Gasteiger partial charge in [-0.05, 0) is 37.3 Å². The molecule has 28 heavy (non-hydrogen) atoms. The molecule has 6 nitrogen and oxygen atoms in total. The Bertz CT molecular complexity index is 711. The van der Waals surface area contributed by atoms with E-state index in [1.807, 2.05) is 37.7 Å². The monoisotopic (exact) mass is 402 g/mol. The Morgan fingerprint density at radius 1 is 1.11 bits per heavy atom. The second-order valence-corrected chi connectivity index (χ2v) is 7.80. The van der Waals surface area contributed by atoms with Crippen LogP contribution in [-0.2, 0) is 13.1 Å². The number of aliphatic hydroxyl groups is 1. The second-order valence-electron chi connectivity index (χ2n) is 7.03. The van der Waals surface area contributed by atoms with Crippen molar-refractivity contribution in [1.29, 1.82) is 0 Å². The van der Waals surface area contributed by atoms with E-state index in [1.54, 1.807) is 11.8 Å². The van der Waals surface area contributed by atoms with Gasteiger partial charge in [-0.25, -0.2) is 9.97 Å². The van der Waals surface area contributed by atoms with Gasteiger partial charge in [-0.3, -0.25) is 9.80 Å². The largest absolute Gasteiger partial charge is 0.494 e. The Hall–Kier alpha value is -1.67. The summed E-state index contributed by atoms with van der Waals surface area (Å²) in [5.41, 5.74) is 2.42. The number of nitrogens with zero attached hydrogens (tertiary/aromatic N) is 4. The highest BCUT2D eigenvalue weighted by molar-refractivity contribution is 7.98. The Labute approximate surface area is 171 Å². The maximum Gasteiger partial charge on any atom is 0.187 e. The first-order chi connectivity index (χ1) is 13.7. The summed E-state index contributed by atoms with van der Waals surface area (Å²) < 4.78 is 5.53. The molecular formula is C21H30N4O2S. The maximum atomic E-state index is 9.55. The van der Waals surface area contributed by atoms with E-state index in [-0.39, 0.29) is 6.61 Å². The van der Waals surface area contributed by atoms with Crippen LogP contribution in [0.25, 0.3) is 0 Å². The quantitative estimate of drug-likeness (QED) is 0.511. The summed E-state index contributed by atoms with van der Waals surface area (Å²) in [6.45, 7) is 7.58. The van der Waals surface area contributed by atoms with Crippen molar-refractivity contribution in [1.82, 2.24) is 19.8 Å². The van der Waals surface area contributed by atoms with Crippen LogP contribution < -0.4 is 4.74 Å². The van der Waals surface area contributed by atoms with Crippen LogP contribution in [0.3, 0.4) is 0 Å². The summed E-state index contributed by atoms with van der Waals surface area (Å²) in [4.78, 5) is 13.7. The first kappa shape index (κ1) is 21.0. The van der Waals surface area contributed by atoms with E-state index in [2.05, 4.69) is 31.9 Å². The summed E-state index contributed by atoms with van der Waals surface area (Å²) in [6, 6.07) is 8.69. The molecule has 0 amide bonds. The van der Waals surface area contributed by atoms with E-state index in [0.717, 1.165) is 55.6 Å². The van der Waals surface area contributed by atoms with Gasteiger partial charge in [0.05, 0.1) is 6.61 Å². The topological polar surface area (TPSA) is 61.7 Å². The lowest BCUT2D eigenvalue weighted by atomic mass is 10.1. The highest BCUT2D eigenvalue weighted by atomic mass is 32.2. The Kier molecular flexibility index (Phi) is 8.09. The van der Waals surface area contributed by atoms with Crippen LogP contribution in [0.15, 0.2) is 41.8 Å². The smallest absolute Gasteiger partial charge is 0.187 e. The van der Waals surface area contributed by atoms with Crippen LogP contribution in [0.2, 0.25) is 0 Å². The van der Waals surface area contributed by atoms with Crippen molar-refractivity contribution < 1.29 is 9.84 Å². The van der Waals surface area contributed by atoms with Crippen LogP contribution in [-0.4, -0.2) is 70.0 Å². The molecule has 1 N–H and O–H groups in total. The highest BCUT2D eigenvalue weighted by Gasteiger charge is 2.26. The molecule has 0 unspecified atom stereocenters. The molecule has 7 heteroatoms. The van der Waals surface area contributed by atoms with Crippen LogP contribution in [0.1, 0.15) is 24.5 Å². The van der Waals surface area contributed by atoms with Gasteiger partial charge in [-0.2, -0.15) is 0 Å². The van der Waals surface area contributed by atoms with Gasteiger partial charge in [0.15, 0.2) is 5.16 Å².